The van der Waals surface area contributed by atoms with Gasteiger partial charge < -0.3 is 14.3 Å². The number of hydrogen-bond acceptors (Lipinski definition) is 5. The minimum Gasteiger partial charge on any atom is -0.507 e. The van der Waals surface area contributed by atoms with Gasteiger partial charge in [0.05, 0.1) is 29.5 Å². The van der Waals surface area contributed by atoms with Gasteiger partial charge in [-0.15, -0.1) is 0 Å². The van der Waals surface area contributed by atoms with Crippen LogP contribution in [-0.2, 0) is 9.59 Å². The molecule has 1 amide bonds. The van der Waals surface area contributed by atoms with Crippen molar-refractivity contribution in [3.05, 3.63) is 87.3 Å². The number of aryl methyl sites for hydroxylation is 1. The first-order valence-corrected chi connectivity index (χ1v) is 10.0. The van der Waals surface area contributed by atoms with E-state index in [0.717, 1.165) is 5.56 Å². The summed E-state index contributed by atoms with van der Waals surface area (Å²) in [6, 6.07) is 12.1. The molecule has 0 radical (unpaired) electrons. The second-order valence-corrected chi connectivity index (χ2v) is 7.84. The number of ether oxygens (including phenoxy) is 1. The van der Waals surface area contributed by atoms with Gasteiger partial charge in [0.25, 0.3) is 11.7 Å². The number of hydrogen-bond donors (Lipinski definition) is 1. The predicted octanol–water partition coefficient (Wildman–Crippen LogP) is 5.53. The molecule has 1 saturated heterocycles. The molecule has 1 N–H and O–H groups in total. The van der Waals surface area contributed by atoms with Crippen LogP contribution in [0.5, 0.6) is 5.75 Å². The number of rotatable bonds is 4. The zero-order chi connectivity index (χ0) is 22.3. The number of Topliss-reactive ketones (excluding diaryl/α,β-unsaturated/α-hetero) is 1. The molecule has 8 heteroatoms. The number of aliphatic hydroxyl groups excluding tert-OH is 1. The van der Waals surface area contributed by atoms with Crippen LogP contribution in [0.2, 0.25) is 10.0 Å². The van der Waals surface area contributed by atoms with Crippen LogP contribution < -0.4 is 9.64 Å². The Labute approximate surface area is 188 Å². The van der Waals surface area contributed by atoms with Gasteiger partial charge in [-0.25, -0.2) is 0 Å². The van der Waals surface area contributed by atoms with E-state index < -0.39 is 23.5 Å². The summed E-state index contributed by atoms with van der Waals surface area (Å²) >= 11 is 12.4. The molecular formula is C23H17Cl2NO5. The van der Waals surface area contributed by atoms with Crippen molar-refractivity contribution >= 4 is 46.3 Å². The molecule has 1 fully saturated rings. The number of nitrogens with zero attached hydrogens (tertiary/aromatic N) is 1. The van der Waals surface area contributed by atoms with Crippen LogP contribution in [0.3, 0.4) is 0 Å². The maximum atomic E-state index is 13.1. The van der Waals surface area contributed by atoms with E-state index in [0.29, 0.717) is 16.5 Å². The van der Waals surface area contributed by atoms with Crippen LogP contribution >= 0.6 is 23.2 Å². The van der Waals surface area contributed by atoms with Gasteiger partial charge in [0.2, 0.25) is 0 Å². The molecular weight excluding hydrogens is 441 g/mol. The maximum Gasteiger partial charge on any atom is 0.300 e. The highest BCUT2D eigenvalue weighted by Gasteiger charge is 2.48. The summed E-state index contributed by atoms with van der Waals surface area (Å²) in [6.45, 7) is 1.79. The molecule has 31 heavy (non-hydrogen) atoms. The fraction of sp³-hybridized carbons (Fsp3) is 0.130. The van der Waals surface area contributed by atoms with Gasteiger partial charge >= 0.3 is 0 Å². The molecule has 158 valence electrons. The van der Waals surface area contributed by atoms with E-state index in [1.165, 1.54) is 18.3 Å². The first-order chi connectivity index (χ1) is 14.8. The van der Waals surface area contributed by atoms with E-state index >= 15 is 0 Å². The average molecular weight is 458 g/mol. The van der Waals surface area contributed by atoms with Gasteiger partial charge in [-0.1, -0.05) is 29.3 Å². The van der Waals surface area contributed by atoms with Gasteiger partial charge in [-0.3, -0.25) is 14.5 Å². The summed E-state index contributed by atoms with van der Waals surface area (Å²) in [5, 5.41) is 11.9. The second-order valence-electron chi connectivity index (χ2n) is 6.99. The molecule has 2 heterocycles. The van der Waals surface area contributed by atoms with E-state index in [4.69, 9.17) is 32.4 Å². The quantitative estimate of drug-likeness (QED) is 0.316. The Kier molecular flexibility index (Phi) is 5.52. The van der Waals surface area contributed by atoms with E-state index in [2.05, 4.69) is 0 Å². The van der Waals surface area contributed by atoms with Gasteiger partial charge in [0.15, 0.2) is 0 Å². The first-order valence-electron chi connectivity index (χ1n) is 9.28. The number of carbonyl (C=O) groups is 2. The van der Waals surface area contributed by atoms with Crippen LogP contribution in [0.4, 0.5) is 5.69 Å². The highest BCUT2D eigenvalue weighted by molar-refractivity contribution is 6.51. The SMILES string of the molecule is COc1c(Cl)cc(C)cc1/C(O)=C1/C(=O)C(=O)N(c2cccc(Cl)c2)C1c1ccco1. The fourth-order valence-corrected chi connectivity index (χ4v) is 4.23. The number of aliphatic hydroxyl groups is 1. The van der Waals surface area contributed by atoms with Crippen molar-refractivity contribution in [1.29, 1.82) is 0 Å². The van der Waals surface area contributed by atoms with Crippen molar-refractivity contribution in [3.8, 4) is 5.75 Å². The summed E-state index contributed by atoms with van der Waals surface area (Å²) < 4.78 is 10.9. The smallest absolute Gasteiger partial charge is 0.300 e. The summed E-state index contributed by atoms with van der Waals surface area (Å²) in [6.07, 6.45) is 1.43. The molecule has 1 aliphatic rings. The number of amides is 1. The zero-order valence-corrected chi connectivity index (χ0v) is 18.1. The van der Waals surface area contributed by atoms with Crippen molar-refractivity contribution in [3.63, 3.8) is 0 Å². The predicted molar refractivity (Wildman–Crippen MR) is 118 cm³/mol. The molecule has 3 aromatic rings. The van der Waals surface area contributed by atoms with Gasteiger partial charge in [-0.05, 0) is 55.0 Å². The topological polar surface area (TPSA) is 80.0 Å². The zero-order valence-electron chi connectivity index (χ0n) is 16.6. The normalized spacial score (nSPS) is 17.9. The Hall–Kier alpha value is -3.22. The number of carbonyl (C=O) groups excluding carboxylic acids is 2. The summed E-state index contributed by atoms with van der Waals surface area (Å²) in [5.74, 6) is -1.59. The maximum absolute atomic E-state index is 13.1. The lowest BCUT2D eigenvalue weighted by molar-refractivity contribution is -0.132. The lowest BCUT2D eigenvalue weighted by Crippen LogP contribution is -2.29. The third-order valence-corrected chi connectivity index (χ3v) is 5.51. The summed E-state index contributed by atoms with van der Waals surface area (Å²) in [5.41, 5.74) is 1.20. The molecule has 0 spiro atoms. The number of anilines is 1. The molecule has 0 aliphatic carbocycles. The van der Waals surface area contributed by atoms with Crippen molar-refractivity contribution in [2.45, 2.75) is 13.0 Å². The summed E-state index contributed by atoms with van der Waals surface area (Å²) in [7, 11) is 1.40. The van der Waals surface area contributed by atoms with Crippen LogP contribution in [0.1, 0.15) is 22.9 Å². The minimum absolute atomic E-state index is 0.139. The number of furan rings is 1. The molecule has 6 nitrogen and oxygen atoms in total. The van der Waals surface area contributed by atoms with Gasteiger partial charge in [-0.2, -0.15) is 0 Å². The van der Waals surface area contributed by atoms with Crippen LogP contribution in [-0.4, -0.2) is 23.9 Å². The molecule has 2 aromatic carbocycles. The molecule has 4 rings (SSSR count). The molecule has 1 aromatic heterocycles. The summed E-state index contributed by atoms with van der Waals surface area (Å²) in [4.78, 5) is 27.4. The molecule has 0 saturated carbocycles. The lowest BCUT2D eigenvalue weighted by Gasteiger charge is -2.23. The third-order valence-electron chi connectivity index (χ3n) is 4.99. The van der Waals surface area contributed by atoms with Crippen LogP contribution in [0.15, 0.2) is 64.8 Å². The third kappa shape index (κ3) is 3.58. The largest absolute Gasteiger partial charge is 0.507 e. The van der Waals surface area contributed by atoms with E-state index in [-0.39, 0.29) is 21.9 Å². The molecule has 1 atom stereocenters. The average Bonchev–Trinajstić information content (AvgIpc) is 3.34. The Morgan fingerprint density at radius 1 is 1.13 bits per heavy atom. The Bertz CT molecular complexity index is 1220. The van der Waals surface area contributed by atoms with E-state index in [1.54, 1.807) is 55.5 Å². The Balaban J connectivity index is 1.99. The monoisotopic (exact) mass is 457 g/mol. The van der Waals surface area contributed by atoms with Gasteiger partial charge in [0.1, 0.15) is 23.3 Å². The number of benzene rings is 2. The lowest BCUT2D eigenvalue weighted by atomic mass is 9.97. The van der Waals surface area contributed by atoms with Crippen molar-refractivity contribution < 1.29 is 23.8 Å². The van der Waals surface area contributed by atoms with Crippen molar-refractivity contribution in [2.75, 3.05) is 12.0 Å². The standard InChI is InChI=1S/C23H17Cl2NO5/c1-12-9-15(22(30-2)16(25)10-12)20(27)18-19(17-7-4-8-31-17)26(23(29)21(18)28)14-6-3-5-13(24)11-14/h3-11,19,27H,1-2H3/b20-18-. The van der Waals surface area contributed by atoms with Crippen LogP contribution in [0.25, 0.3) is 5.76 Å². The highest BCUT2D eigenvalue weighted by atomic mass is 35.5. The Morgan fingerprint density at radius 2 is 1.90 bits per heavy atom. The van der Waals surface area contributed by atoms with Crippen LogP contribution in [0, 0.1) is 6.92 Å². The van der Waals surface area contributed by atoms with Crippen molar-refractivity contribution in [2.24, 2.45) is 0 Å². The number of halogens is 2. The van der Waals surface area contributed by atoms with Gasteiger partial charge in [0, 0.05) is 10.7 Å². The van der Waals surface area contributed by atoms with E-state index in [1.807, 2.05) is 0 Å². The minimum atomic E-state index is -1.00. The number of ketones is 1. The first kappa shape index (κ1) is 21.0. The van der Waals surface area contributed by atoms with Crippen molar-refractivity contribution in [1.82, 2.24) is 0 Å². The van der Waals surface area contributed by atoms with E-state index in [9.17, 15) is 14.7 Å². The highest BCUT2D eigenvalue weighted by Crippen LogP contribution is 2.44. The molecule has 0 bridgehead atoms. The Morgan fingerprint density at radius 3 is 2.55 bits per heavy atom. The number of methoxy groups -OCH3 is 1. The molecule has 1 aliphatic heterocycles. The molecule has 1 unspecified atom stereocenters. The second kappa shape index (κ2) is 8.13. The fourth-order valence-electron chi connectivity index (χ4n) is 3.70.